The minimum atomic E-state index is 0.363. The van der Waals surface area contributed by atoms with Crippen LogP contribution in [0.5, 0.6) is 0 Å². The smallest absolute Gasteiger partial charge is 0.223 e. The predicted molar refractivity (Wildman–Crippen MR) is 88.9 cm³/mol. The molecule has 116 valence electrons. The fraction of sp³-hybridized carbons (Fsp3) is 0.706. The van der Waals surface area contributed by atoms with Gasteiger partial charge >= 0.3 is 0 Å². The summed E-state index contributed by atoms with van der Waals surface area (Å²) in [6, 6.07) is 5.02. The summed E-state index contributed by atoms with van der Waals surface area (Å²) in [5.41, 5.74) is 0. The van der Waals surface area contributed by atoms with Crippen LogP contribution < -0.4 is 0 Å². The molecule has 0 aromatic carbocycles. The fourth-order valence-electron chi connectivity index (χ4n) is 3.42. The van der Waals surface area contributed by atoms with Crippen LogP contribution in [0, 0.1) is 5.92 Å². The monoisotopic (exact) mass is 325 g/mol. The predicted octanol–water partition coefficient (Wildman–Crippen LogP) is 4.90. The fourth-order valence-corrected chi connectivity index (χ4v) is 4.51. The molecule has 0 unspecified atom stereocenters. The van der Waals surface area contributed by atoms with Crippen LogP contribution in [-0.4, -0.2) is 22.9 Å². The number of thiophene rings is 1. The van der Waals surface area contributed by atoms with E-state index in [0.717, 1.165) is 16.7 Å². The quantitative estimate of drug-likeness (QED) is 0.753. The van der Waals surface area contributed by atoms with Gasteiger partial charge in [0.1, 0.15) is 0 Å². The molecule has 0 aliphatic heterocycles. The average molecular weight is 326 g/mol. The van der Waals surface area contributed by atoms with Crippen molar-refractivity contribution >= 4 is 28.8 Å². The highest BCUT2D eigenvalue weighted by molar-refractivity contribution is 7.16. The molecule has 1 aromatic rings. The van der Waals surface area contributed by atoms with Gasteiger partial charge in [-0.1, -0.05) is 18.5 Å². The molecule has 0 radical (unpaired) electrons. The lowest BCUT2D eigenvalue weighted by Gasteiger charge is -2.36. The molecular weight excluding hydrogens is 302 g/mol. The van der Waals surface area contributed by atoms with E-state index in [2.05, 4.69) is 11.8 Å². The van der Waals surface area contributed by atoms with E-state index in [0.29, 0.717) is 24.4 Å². The van der Waals surface area contributed by atoms with E-state index in [-0.39, 0.29) is 0 Å². The molecular formula is C17H24ClNOS. The largest absolute Gasteiger partial charge is 0.337 e. The number of carbonyl (C=O) groups is 1. The third kappa shape index (κ3) is 4.01. The molecule has 1 amide bonds. The van der Waals surface area contributed by atoms with E-state index in [1.807, 2.05) is 12.1 Å². The summed E-state index contributed by atoms with van der Waals surface area (Å²) in [6.07, 6.45) is 8.86. The van der Waals surface area contributed by atoms with Gasteiger partial charge in [0.25, 0.3) is 0 Å². The molecule has 0 N–H and O–H groups in total. The van der Waals surface area contributed by atoms with Crippen LogP contribution in [0.15, 0.2) is 12.1 Å². The summed E-state index contributed by atoms with van der Waals surface area (Å²) < 4.78 is 0.817. The molecule has 3 rings (SSSR count). The number of hydrogen-bond acceptors (Lipinski definition) is 2. The second kappa shape index (κ2) is 6.70. The van der Waals surface area contributed by atoms with Crippen molar-refractivity contribution in [3.8, 4) is 0 Å². The molecule has 0 atom stereocenters. The van der Waals surface area contributed by atoms with Crippen LogP contribution in [-0.2, 0) is 11.2 Å². The number of amides is 1. The Morgan fingerprint density at radius 2 is 1.81 bits per heavy atom. The van der Waals surface area contributed by atoms with Gasteiger partial charge < -0.3 is 4.90 Å². The number of halogens is 1. The van der Waals surface area contributed by atoms with Crippen LogP contribution >= 0.6 is 22.9 Å². The average Bonchev–Trinajstić information content (AvgIpc) is 3.21. The van der Waals surface area contributed by atoms with Gasteiger partial charge in [-0.3, -0.25) is 4.79 Å². The van der Waals surface area contributed by atoms with Gasteiger partial charge in [-0.2, -0.15) is 0 Å². The lowest BCUT2D eigenvalue weighted by Crippen LogP contribution is -2.43. The first-order valence-corrected chi connectivity index (χ1v) is 9.38. The van der Waals surface area contributed by atoms with Crippen molar-refractivity contribution in [2.24, 2.45) is 5.92 Å². The Balaban J connectivity index is 1.57. The van der Waals surface area contributed by atoms with Gasteiger partial charge in [-0.25, -0.2) is 0 Å². The first-order chi connectivity index (χ1) is 10.1. The maximum absolute atomic E-state index is 12.7. The summed E-state index contributed by atoms with van der Waals surface area (Å²) in [4.78, 5) is 16.2. The van der Waals surface area contributed by atoms with Crippen molar-refractivity contribution < 1.29 is 4.79 Å². The second-order valence-corrected chi connectivity index (χ2v) is 8.45. The highest BCUT2D eigenvalue weighted by atomic mass is 35.5. The third-order valence-electron chi connectivity index (χ3n) is 4.82. The third-order valence-corrected chi connectivity index (χ3v) is 6.11. The summed E-state index contributed by atoms with van der Waals surface area (Å²) in [5.74, 6) is 1.20. The second-order valence-electron chi connectivity index (χ2n) is 6.65. The summed E-state index contributed by atoms with van der Waals surface area (Å²) in [6.45, 7) is 2.33. The van der Waals surface area contributed by atoms with Crippen LogP contribution in [0.2, 0.25) is 4.34 Å². The number of rotatable bonds is 5. The topological polar surface area (TPSA) is 20.3 Å². The Hall–Kier alpha value is -0.540. The van der Waals surface area contributed by atoms with Crippen molar-refractivity contribution in [2.75, 3.05) is 0 Å². The molecule has 2 aliphatic carbocycles. The minimum Gasteiger partial charge on any atom is -0.337 e. The molecule has 2 nitrogen and oxygen atoms in total. The van der Waals surface area contributed by atoms with Crippen molar-refractivity contribution in [3.63, 3.8) is 0 Å². The zero-order chi connectivity index (χ0) is 14.8. The Kier molecular flexibility index (Phi) is 4.90. The van der Waals surface area contributed by atoms with Crippen LogP contribution in [0.25, 0.3) is 0 Å². The first kappa shape index (κ1) is 15.4. The maximum Gasteiger partial charge on any atom is 0.223 e. The van der Waals surface area contributed by atoms with E-state index >= 15 is 0 Å². The summed E-state index contributed by atoms with van der Waals surface area (Å²) in [5, 5.41) is 0. The van der Waals surface area contributed by atoms with E-state index in [1.165, 1.54) is 43.4 Å². The van der Waals surface area contributed by atoms with Gasteiger partial charge in [-0.15, -0.1) is 11.3 Å². The molecule has 0 saturated heterocycles. The van der Waals surface area contributed by atoms with Crippen molar-refractivity contribution in [1.82, 2.24) is 4.90 Å². The molecule has 21 heavy (non-hydrogen) atoms. The summed E-state index contributed by atoms with van der Waals surface area (Å²) >= 11 is 7.55. The minimum absolute atomic E-state index is 0.363. The molecule has 2 saturated carbocycles. The summed E-state index contributed by atoms with van der Waals surface area (Å²) in [7, 11) is 0. The van der Waals surface area contributed by atoms with Crippen molar-refractivity contribution in [2.45, 2.75) is 70.4 Å². The number of aryl methyl sites for hydroxylation is 1. The zero-order valence-corrected chi connectivity index (χ0v) is 14.3. The zero-order valence-electron chi connectivity index (χ0n) is 12.7. The molecule has 2 fully saturated rings. The molecule has 2 aliphatic rings. The first-order valence-electron chi connectivity index (χ1n) is 8.19. The Morgan fingerprint density at radius 3 is 2.33 bits per heavy atom. The Morgan fingerprint density at radius 1 is 1.19 bits per heavy atom. The highest BCUT2D eigenvalue weighted by Gasteiger charge is 2.37. The SMILES string of the molecule is CC1CCC(N(C(=O)CCc2ccc(Cl)s2)C2CC2)CC1. The number of carbonyl (C=O) groups excluding carboxylic acids is 1. The van der Waals surface area contributed by atoms with Crippen molar-refractivity contribution in [3.05, 3.63) is 21.3 Å². The van der Waals surface area contributed by atoms with Gasteiger partial charge in [0.15, 0.2) is 0 Å². The lowest BCUT2D eigenvalue weighted by atomic mass is 9.86. The molecule has 1 heterocycles. The van der Waals surface area contributed by atoms with Crippen LogP contribution in [0.4, 0.5) is 0 Å². The van der Waals surface area contributed by atoms with Gasteiger partial charge in [0.2, 0.25) is 5.91 Å². The molecule has 1 aromatic heterocycles. The number of nitrogens with zero attached hydrogens (tertiary/aromatic N) is 1. The molecule has 0 bridgehead atoms. The van der Waals surface area contributed by atoms with E-state index in [1.54, 1.807) is 11.3 Å². The lowest BCUT2D eigenvalue weighted by molar-refractivity contribution is -0.135. The van der Waals surface area contributed by atoms with Crippen molar-refractivity contribution in [1.29, 1.82) is 0 Å². The standard InChI is InChI=1S/C17H24ClNOS/c1-12-2-4-13(5-3-12)19(14-6-7-14)17(20)11-9-15-8-10-16(18)21-15/h8,10,12-14H,2-7,9,11H2,1H3. The number of hydrogen-bond donors (Lipinski definition) is 0. The van der Waals surface area contributed by atoms with E-state index in [4.69, 9.17) is 11.6 Å². The molecule has 4 heteroatoms. The van der Waals surface area contributed by atoms with Crippen LogP contribution in [0.1, 0.15) is 56.7 Å². The van der Waals surface area contributed by atoms with E-state index in [9.17, 15) is 4.79 Å². The van der Waals surface area contributed by atoms with E-state index < -0.39 is 0 Å². The van der Waals surface area contributed by atoms with Gasteiger partial charge in [0, 0.05) is 23.4 Å². The van der Waals surface area contributed by atoms with Gasteiger partial charge in [-0.05, 0) is 63.0 Å². The Labute approximate surface area is 136 Å². The Bertz CT molecular complexity index is 489. The van der Waals surface area contributed by atoms with Crippen LogP contribution in [0.3, 0.4) is 0 Å². The highest BCUT2D eigenvalue weighted by Crippen LogP contribution is 2.36. The maximum atomic E-state index is 12.7. The normalized spacial score (nSPS) is 25.8. The van der Waals surface area contributed by atoms with Gasteiger partial charge in [0.05, 0.1) is 4.34 Å². The molecule has 0 spiro atoms.